The average molecular weight is 1000 g/mol. The van der Waals surface area contributed by atoms with Crippen LogP contribution in [-0.4, -0.2) is 109 Å². The van der Waals surface area contributed by atoms with Gasteiger partial charge in [0.05, 0.1) is 10.8 Å². The van der Waals surface area contributed by atoms with Crippen LogP contribution in [0.4, 0.5) is 114 Å². The van der Waals surface area contributed by atoms with Crippen LogP contribution in [0, 0.1) is 22.7 Å². The number of halogens is 26. The van der Waals surface area contributed by atoms with Crippen LogP contribution >= 0.6 is 0 Å². The van der Waals surface area contributed by atoms with Crippen molar-refractivity contribution in [3.63, 3.8) is 0 Å². The molecule has 4 atom stereocenters. The van der Waals surface area contributed by atoms with Crippen molar-refractivity contribution in [3.8, 4) is 0 Å². The molecule has 0 saturated carbocycles. The standard InChI is InChI=1S/C32H28F26O6/c1-19(2,3)17(59)61-9-11-7-13(15(63-11)21(33,34)23(37,38)25(41,42)27(45,46)29(49,50)31(53,54)55)14-8-12(10-62-18(60)20(4,5)6)64-16(14)22(35,36)24(39,40)26(43,44)28(47,48)30(51,52)32(56,57)58/h7-8,13-16H,9-10H2,1-6H3. The monoisotopic (exact) mass is 1000 g/mol. The van der Waals surface area contributed by atoms with Gasteiger partial charge in [-0.2, -0.15) is 114 Å². The molecule has 374 valence electrons. The lowest BCUT2D eigenvalue weighted by Gasteiger charge is -2.44. The Morgan fingerprint density at radius 3 is 0.828 bits per heavy atom. The lowest BCUT2D eigenvalue weighted by molar-refractivity contribution is -0.446. The highest BCUT2D eigenvalue weighted by Crippen LogP contribution is 2.65. The van der Waals surface area contributed by atoms with E-state index in [1.165, 1.54) is 0 Å². The molecule has 0 fully saturated rings. The zero-order valence-electron chi connectivity index (χ0n) is 32.2. The Bertz CT molecular complexity index is 1680. The Balaban J connectivity index is 3.05. The first-order chi connectivity index (χ1) is 27.7. The highest BCUT2D eigenvalue weighted by atomic mass is 19.4. The van der Waals surface area contributed by atoms with Crippen molar-refractivity contribution in [2.45, 2.75) is 125 Å². The average Bonchev–Trinajstić information content (AvgIpc) is 3.72. The fourth-order valence-electron chi connectivity index (χ4n) is 5.21. The van der Waals surface area contributed by atoms with Gasteiger partial charge in [-0.25, -0.2) is 0 Å². The molecule has 0 aromatic rings. The number of carbonyl (C=O) groups is 2. The van der Waals surface area contributed by atoms with E-state index >= 15 is 35.1 Å². The van der Waals surface area contributed by atoms with Crippen molar-refractivity contribution < 1.29 is 143 Å². The molecule has 64 heavy (non-hydrogen) atoms. The molecule has 0 aromatic carbocycles. The minimum atomic E-state index is -8.71. The van der Waals surface area contributed by atoms with E-state index in [0.717, 1.165) is 41.5 Å². The SMILES string of the molecule is CC(C)(C)C(=O)OCC1=CC(C2C=C(COC(=O)C(C)(C)C)OC2C(F)(F)C(F)(F)C(F)(F)C(F)(F)C(F)(F)C(F)(F)F)C(C(F)(F)C(F)(F)C(F)(F)C(F)(F)C(F)(F)C(F)(F)F)O1. The quantitative estimate of drug-likeness (QED) is 0.120. The van der Waals surface area contributed by atoms with Gasteiger partial charge in [0, 0.05) is 11.8 Å². The highest BCUT2D eigenvalue weighted by Gasteiger charge is 2.94. The topological polar surface area (TPSA) is 71.1 Å². The van der Waals surface area contributed by atoms with E-state index in [2.05, 4.69) is 18.9 Å². The maximum Gasteiger partial charge on any atom is 0.460 e. The molecule has 2 aliphatic heterocycles. The molecule has 0 amide bonds. The van der Waals surface area contributed by atoms with Crippen LogP contribution in [-0.2, 0) is 28.5 Å². The molecular weight excluding hydrogens is 974 g/mol. The number of hydrogen-bond acceptors (Lipinski definition) is 6. The maximum atomic E-state index is 15.8. The summed E-state index contributed by atoms with van der Waals surface area (Å²) in [6.45, 7) is 2.20. The smallest absolute Gasteiger partial charge is 0.460 e. The van der Waals surface area contributed by atoms with Gasteiger partial charge in [-0.1, -0.05) is 0 Å². The molecule has 0 radical (unpaired) electrons. The van der Waals surface area contributed by atoms with Crippen LogP contribution in [0.2, 0.25) is 0 Å². The first kappa shape index (κ1) is 56.3. The van der Waals surface area contributed by atoms with Crippen LogP contribution in [0.25, 0.3) is 0 Å². The van der Waals surface area contributed by atoms with Gasteiger partial charge in [0.15, 0.2) is 12.2 Å². The van der Waals surface area contributed by atoms with Gasteiger partial charge in [0.1, 0.15) is 24.7 Å². The molecule has 2 aliphatic rings. The molecule has 6 nitrogen and oxygen atoms in total. The van der Waals surface area contributed by atoms with Crippen molar-refractivity contribution in [3.05, 3.63) is 23.7 Å². The van der Waals surface area contributed by atoms with Gasteiger partial charge in [-0.15, -0.1) is 0 Å². The second-order valence-electron chi connectivity index (χ2n) is 16.0. The van der Waals surface area contributed by atoms with Crippen LogP contribution in [0.3, 0.4) is 0 Å². The zero-order valence-corrected chi connectivity index (χ0v) is 32.2. The first-order valence-electron chi connectivity index (χ1n) is 16.7. The van der Waals surface area contributed by atoms with E-state index in [1.807, 2.05) is 0 Å². The molecule has 0 aliphatic carbocycles. The summed E-state index contributed by atoms with van der Waals surface area (Å²) < 4.78 is 386. The van der Waals surface area contributed by atoms with E-state index in [4.69, 9.17) is 0 Å². The van der Waals surface area contributed by atoms with Gasteiger partial charge >= 0.3 is 83.5 Å². The van der Waals surface area contributed by atoms with E-state index in [-0.39, 0.29) is 0 Å². The van der Waals surface area contributed by atoms with E-state index in [0.29, 0.717) is 0 Å². The number of hydrogen-bond donors (Lipinski definition) is 0. The lowest BCUT2D eigenvalue weighted by atomic mass is 9.76. The molecule has 0 saturated heterocycles. The molecule has 32 heteroatoms. The Hall–Kier alpha value is -3.80. The summed E-state index contributed by atoms with van der Waals surface area (Å²) in [6, 6.07) is 0. The Labute approximate surface area is 340 Å². The third-order valence-electron chi connectivity index (χ3n) is 9.00. The lowest BCUT2D eigenvalue weighted by Crippen LogP contribution is -2.73. The summed E-state index contributed by atoms with van der Waals surface area (Å²) >= 11 is 0. The van der Waals surface area contributed by atoms with E-state index in [1.54, 1.807) is 0 Å². The van der Waals surface area contributed by atoms with Gasteiger partial charge in [-0.3, -0.25) is 9.59 Å². The normalized spacial score (nSPS) is 22.1. The summed E-state index contributed by atoms with van der Waals surface area (Å²) in [5.41, 5.74) is -3.41. The van der Waals surface area contributed by atoms with Crippen molar-refractivity contribution in [1.29, 1.82) is 0 Å². The Morgan fingerprint density at radius 1 is 0.406 bits per heavy atom. The summed E-state index contributed by atoms with van der Waals surface area (Å²) in [7, 11) is 0. The fraction of sp³-hybridized carbons (Fsp3) is 0.812. The van der Waals surface area contributed by atoms with E-state index in [9.17, 15) is 88.6 Å². The summed E-state index contributed by atoms with van der Waals surface area (Å²) in [5, 5.41) is 0. The van der Waals surface area contributed by atoms with Crippen LogP contribution in [0.5, 0.6) is 0 Å². The second kappa shape index (κ2) is 15.9. The second-order valence-corrected chi connectivity index (χ2v) is 16.0. The maximum absolute atomic E-state index is 15.8. The Morgan fingerprint density at radius 2 is 0.625 bits per heavy atom. The summed E-state index contributed by atoms with van der Waals surface area (Å²) in [5.74, 6) is -98.2. The molecule has 0 spiro atoms. The number of esters is 2. The summed E-state index contributed by atoms with van der Waals surface area (Å²) in [6.07, 6.45) is -26.8. The summed E-state index contributed by atoms with van der Waals surface area (Å²) in [4.78, 5) is 24.5. The van der Waals surface area contributed by atoms with Crippen molar-refractivity contribution in [2.24, 2.45) is 22.7 Å². The molecule has 0 N–H and O–H groups in total. The van der Waals surface area contributed by atoms with Crippen LogP contribution in [0.15, 0.2) is 23.7 Å². The van der Waals surface area contributed by atoms with Crippen molar-refractivity contribution >= 4 is 11.9 Å². The van der Waals surface area contributed by atoms with Crippen molar-refractivity contribution in [1.82, 2.24) is 0 Å². The number of rotatable bonds is 15. The molecule has 2 rings (SSSR count). The molecule has 0 aromatic heterocycles. The number of carbonyl (C=O) groups excluding carboxylic acids is 2. The number of ether oxygens (including phenoxy) is 4. The van der Waals surface area contributed by atoms with Crippen molar-refractivity contribution in [2.75, 3.05) is 13.2 Å². The minimum Gasteiger partial charge on any atom is -0.484 e. The largest absolute Gasteiger partial charge is 0.484 e. The van der Waals surface area contributed by atoms with E-state index < -0.39 is 155 Å². The predicted octanol–water partition coefficient (Wildman–Crippen LogP) is 11.4. The fourth-order valence-corrected chi connectivity index (χ4v) is 5.21. The molecular formula is C32H28F26O6. The first-order valence-corrected chi connectivity index (χ1v) is 16.7. The minimum absolute atomic E-state index is 0.508. The zero-order chi connectivity index (χ0) is 51.3. The highest BCUT2D eigenvalue weighted by molar-refractivity contribution is 5.75. The van der Waals surface area contributed by atoms with Gasteiger partial charge < -0.3 is 18.9 Å². The van der Waals surface area contributed by atoms with Gasteiger partial charge in [-0.05, 0) is 53.7 Å². The van der Waals surface area contributed by atoms with Gasteiger partial charge in [0.2, 0.25) is 0 Å². The molecule has 0 bridgehead atoms. The third-order valence-corrected chi connectivity index (χ3v) is 9.00. The third kappa shape index (κ3) is 8.67. The predicted molar refractivity (Wildman–Crippen MR) is 155 cm³/mol. The Kier molecular flexibility index (Phi) is 14.0. The van der Waals surface area contributed by atoms with Crippen LogP contribution < -0.4 is 0 Å². The van der Waals surface area contributed by atoms with Crippen LogP contribution in [0.1, 0.15) is 41.5 Å². The van der Waals surface area contributed by atoms with Gasteiger partial charge in [0.25, 0.3) is 0 Å². The number of alkyl halides is 26. The molecule has 2 heterocycles. The molecule has 4 unspecified atom stereocenters.